The third-order valence-corrected chi connectivity index (χ3v) is 2.43. The molecule has 3 N–H and O–H groups in total. The van der Waals surface area contributed by atoms with Crippen LogP contribution in [0.5, 0.6) is 0 Å². The molecule has 1 atom stereocenters. The first kappa shape index (κ1) is 12.0. The Hall–Kier alpha value is -1.09. The van der Waals surface area contributed by atoms with Gasteiger partial charge in [0.05, 0.1) is 0 Å². The third-order valence-electron chi connectivity index (χ3n) is 2.43. The van der Waals surface area contributed by atoms with Crippen LogP contribution in [0.1, 0.15) is 44.4 Å². The zero-order valence-electron chi connectivity index (χ0n) is 10.0. The number of nitrogens with two attached hydrogens (primary N) is 1. The molecule has 0 saturated heterocycles. The molecule has 1 aromatic rings. The van der Waals surface area contributed by atoms with E-state index in [1.165, 1.54) is 5.56 Å². The molecule has 0 aliphatic carbocycles. The largest absolute Gasteiger partial charge is 0.368 e. The number of pyridine rings is 1. The fourth-order valence-electron chi connectivity index (χ4n) is 1.55. The normalized spacial score (nSPS) is 12.9. The second-order valence-corrected chi connectivity index (χ2v) is 4.24. The van der Waals surface area contributed by atoms with Crippen molar-refractivity contribution in [1.82, 2.24) is 4.98 Å². The van der Waals surface area contributed by atoms with Gasteiger partial charge in [0.25, 0.3) is 0 Å². The minimum atomic E-state index is 0.102. The monoisotopic (exact) mass is 207 g/mol. The minimum absolute atomic E-state index is 0.102. The number of aryl methyl sites for hydroxylation is 1. The lowest BCUT2D eigenvalue weighted by Crippen LogP contribution is -2.14. The Morgan fingerprint density at radius 2 is 2.13 bits per heavy atom. The molecule has 0 radical (unpaired) electrons. The number of anilines is 1. The molecule has 0 aromatic carbocycles. The molecule has 84 valence electrons. The van der Waals surface area contributed by atoms with E-state index in [4.69, 9.17) is 5.73 Å². The number of rotatable bonds is 4. The second-order valence-electron chi connectivity index (χ2n) is 4.24. The van der Waals surface area contributed by atoms with Gasteiger partial charge in [-0.1, -0.05) is 6.92 Å². The molecule has 1 aromatic heterocycles. The number of hydrogen-bond acceptors (Lipinski definition) is 3. The van der Waals surface area contributed by atoms with E-state index < -0.39 is 0 Å². The Bertz CT molecular complexity index is 321. The Morgan fingerprint density at radius 3 is 2.60 bits per heavy atom. The Morgan fingerprint density at radius 1 is 1.47 bits per heavy atom. The summed E-state index contributed by atoms with van der Waals surface area (Å²) in [4.78, 5) is 4.36. The van der Waals surface area contributed by atoms with Crippen molar-refractivity contribution in [2.24, 2.45) is 5.73 Å². The van der Waals surface area contributed by atoms with Gasteiger partial charge in [-0.25, -0.2) is 4.98 Å². The van der Waals surface area contributed by atoms with Gasteiger partial charge in [-0.2, -0.15) is 0 Å². The molecule has 0 aliphatic rings. The van der Waals surface area contributed by atoms with Gasteiger partial charge in [-0.15, -0.1) is 0 Å². The first-order chi connectivity index (χ1) is 7.04. The molecule has 3 nitrogen and oxygen atoms in total. The highest BCUT2D eigenvalue weighted by Crippen LogP contribution is 2.19. The highest BCUT2D eigenvalue weighted by Gasteiger charge is 2.08. The summed E-state index contributed by atoms with van der Waals surface area (Å²) >= 11 is 0. The number of aromatic nitrogens is 1. The van der Waals surface area contributed by atoms with E-state index in [0.29, 0.717) is 6.04 Å². The summed E-state index contributed by atoms with van der Waals surface area (Å²) in [7, 11) is 0. The summed E-state index contributed by atoms with van der Waals surface area (Å²) < 4.78 is 0. The number of nitrogens with zero attached hydrogens (tertiary/aromatic N) is 1. The Kier molecular flexibility index (Phi) is 4.09. The molecule has 3 heteroatoms. The van der Waals surface area contributed by atoms with Crippen LogP contribution in [0, 0.1) is 6.92 Å². The van der Waals surface area contributed by atoms with Gasteiger partial charge in [0.15, 0.2) is 0 Å². The van der Waals surface area contributed by atoms with Gasteiger partial charge in [0, 0.05) is 18.3 Å². The highest BCUT2D eigenvalue weighted by molar-refractivity contribution is 5.41. The first-order valence-electron chi connectivity index (χ1n) is 5.53. The van der Waals surface area contributed by atoms with Crippen LogP contribution in [-0.2, 0) is 0 Å². The van der Waals surface area contributed by atoms with Gasteiger partial charge in [-0.05, 0) is 44.4 Å². The number of nitrogens with one attached hydrogen (secondary N) is 1. The molecule has 0 spiro atoms. The molecular formula is C12H21N3. The number of hydrogen-bond donors (Lipinski definition) is 2. The molecule has 0 unspecified atom stereocenters. The lowest BCUT2D eigenvalue weighted by atomic mass is 10.0. The summed E-state index contributed by atoms with van der Waals surface area (Å²) in [6.45, 7) is 8.37. The van der Waals surface area contributed by atoms with Crippen molar-refractivity contribution < 1.29 is 0 Å². The van der Waals surface area contributed by atoms with Gasteiger partial charge in [0.1, 0.15) is 5.82 Å². The van der Waals surface area contributed by atoms with Gasteiger partial charge in [0.2, 0.25) is 0 Å². The molecule has 1 rings (SSSR count). The first-order valence-corrected chi connectivity index (χ1v) is 5.53. The topological polar surface area (TPSA) is 50.9 Å². The molecule has 1 heterocycles. The van der Waals surface area contributed by atoms with E-state index in [1.807, 2.05) is 6.20 Å². The predicted molar refractivity (Wildman–Crippen MR) is 65.0 cm³/mol. The van der Waals surface area contributed by atoms with E-state index in [9.17, 15) is 0 Å². The molecule has 15 heavy (non-hydrogen) atoms. The van der Waals surface area contributed by atoms with E-state index in [2.05, 4.69) is 44.1 Å². The lowest BCUT2D eigenvalue weighted by molar-refractivity contribution is 0.690. The van der Waals surface area contributed by atoms with Crippen molar-refractivity contribution in [1.29, 1.82) is 0 Å². The average molecular weight is 207 g/mol. The van der Waals surface area contributed by atoms with Crippen LogP contribution >= 0.6 is 0 Å². The zero-order chi connectivity index (χ0) is 11.4. The summed E-state index contributed by atoms with van der Waals surface area (Å²) in [6, 6.07) is 2.57. The van der Waals surface area contributed by atoms with Crippen LogP contribution in [0.25, 0.3) is 0 Å². The van der Waals surface area contributed by atoms with Gasteiger partial charge in [-0.3, -0.25) is 0 Å². The Balaban J connectivity index is 2.88. The summed E-state index contributed by atoms with van der Waals surface area (Å²) in [5, 5.41) is 3.28. The van der Waals surface area contributed by atoms with Crippen LogP contribution < -0.4 is 11.1 Å². The van der Waals surface area contributed by atoms with Crippen LogP contribution in [0.3, 0.4) is 0 Å². The van der Waals surface area contributed by atoms with Gasteiger partial charge < -0.3 is 11.1 Å². The summed E-state index contributed by atoms with van der Waals surface area (Å²) in [5.74, 6) is 0.926. The average Bonchev–Trinajstić information content (AvgIpc) is 2.16. The van der Waals surface area contributed by atoms with Gasteiger partial charge >= 0.3 is 0 Å². The predicted octanol–water partition coefficient (Wildman–Crippen LogP) is 2.62. The molecule has 0 saturated carbocycles. The summed E-state index contributed by atoms with van der Waals surface area (Å²) in [5.41, 5.74) is 8.34. The van der Waals surface area contributed by atoms with E-state index >= 15 is 0 Å². The van der Waals surface area contributed by atoms with Crippen LogP contribution in [0.15, 0.2) is 12.3 Å². The van der Waals surface area contributed by atoms with Crippen molar-refractivity contribution in [2.75, 3.05) is 5.32 Å². The van der Waals surface area contributed by atoms with Crippen molar-refractivity contribution in [3.63, 3.8) is 0 Å². The maximum Gasteiger partial charge on any atom is 0.126 e. The maximum atomic E-state index is 5.99. The second kappa shape index (κ2) is 5.12. The van der Waals surface area contributed by atoms with E-state index in [1.54, 1.807) is 0 Å². The fourth-order valence-corrected chi connectivity index (χ4v) is 1.55. The molecule has 0 bridgehead atoms. The van der Waals surface area contributed by atoms with Crippen LogP contribution in [-0.4, -0.2) is 11.0 Å². The Labute approximate surface area is 92.1 Å². The van der Waals surface area contributed by atoms with E-state index in [-0.39, 0.29) is 6.04 Å². The molecule has 0 fully saturated rings. The van der Waals surface area contributed by atoms with Crippen LogP contribution in [0.4, 0.5) is 5.82 Å². The van der Waals surface area contributed by atoms with Crippen molar-refractivity contribution in [3.05, 3.63) is 23.4 Å². The highest BCUT2D eigenvalue weighted by atomic mass is 15.0. The smallest absolute Gasteiger partial charge is 0.126 e. The molecular weight excluding hydrogens is 186 g/mol. The SMILES string of the molecule is CC[C@@H](N)c1cnc(NC(C)C)cc1C. The van der Waals surface area contributed by atoms with Crippen molar-refractivity contribution in [3.8, 4) is 0 Å². The van der Waals surface area contributed by atoms with Crippen LogP contribution in [0.2, 0.25) is 0 Å². The maximum absolute atomic E-state index is 5.99. The zero-order valence-corrected chi connectivity index (χ0v) is 10.0. The third kappa shape index (κ3) is 3.20. The molecule has 0 amide bonds. The lowest BCUT2D eigenvalue weighted by Gasteiger charge is -2.15. The standard InChI is InChI=1S/C12H21N3/c1-5-11(13)10-7-14-12(6-9(10)4)15-8(2)3/h6-8,11H,5,13H2,1-4H3,(H,14,15)/t11-/m1/s1. The fraction of sp³-hybridized carbons (Fsp3) is 0.583. The quantitative estimate of drug-likeness (QED) is 0.798. The van der Waals surface area contributed by atoms with Crippen molar-refractivity contribution >= 4 is 5.82 Å². The molecule has 0 aliphatic heterocycles. The van der Waals surface area contributed by atoms with Crippen molar-refractivity contribution in [2.45, 2.75) is 46.2 Å². The van der Waals surface area contributed by atoms with E-state index in [0.717, 1.165) is 17.8 Å². The summed E-state index contributed by atoms with van der Waals surface area (Å²) in [6.07, 6.45) is 2.83. The minimum Gasteiger partial charge on any atom is -0.368 e.